The molecule has 10 heteroatoms. The van der Waals surface area contributed by atoms with Gasteiger partial charge in [0.05, 0.1) is 23.2 Å². The van der Waals surface area contributed by atoms with Crippen molar-refractivity contribution in [3.63, 3.8) is 0 Å². The van der Waals surface area contributed by atoms with Crippen molar-refractivity contribution in [1.82, 2.24) is 25.6 Å². The van der Waals surface area contributed by atoms with Crippen LogP contribution in [0.5, 0.6) is 0 Å². The third-order valence-electron chi connectivity index (χ3n) is 5.11. The second-order valence-corrected chi connectivity index (χ2v) is 7.84. The van der Waals surface area contributed by atoms with Gasteiger partial charge in [-0.25, -0.2) is 14.1 Å². The summed E-state index contributed by atoms with van der Waals surface area (Å²) in [7, 11) is 0. The van der Waals surface area contributed by atoms with E-state index in [-0.39, 0.29) is 47.4 Å². The van der Waals surface area contributed by atoms with Crippen molar-refractivity contribution in [1.29, 1.82) is 0 Å². The molecular weight excluding hydrogens is 441 g/mol. The first-order valence-corrected chi connectivity index (χ1v) is 10.7. The second-order valence-electron chi connectivity index (χ2n) is 7.84. The van der Waals surface area contributed by atoms with E-state index in [4.69, 9.17) is 4.42 Å². The molecule has 34 heavy (non-hydrogen) atoms. The molecule has 0 aliphatic carbocycles. The van der Waals surface area contributed by atoms with Crippen LogP contribution in [0.25, 0.3) is 22.1 Å². The summed E-state index contributed by atoms with van der Waals surface area (Å²) in [5.41, 5.74) is 4.66. The lowest BCUT2D eigenvalue weighted by molar-refractivity contribution is -0.121. The van der Waals surface area contributed by atoms with Crippen LogP contribution in [-0.4, -0.2) is 26.6 Å². The van der Waals surface area contributed by atoms with Crippen molar-refractivity contribution in [2.75, 3.05) is 0 Å². The first kappa shape index (κ1) is 22.8. The minimum Gasteiger partial charge on any atom is -0.441 e. The maximum atomic E-state index is 13.9. The fourth-order valence-electron chi connectivity index (χ4n) is 3.40. The van der Waals surface area contributed by atoms with E-state index in [0.29, 0.717) is 10.8 Å². The number of nitrogens with one attached hydrogen (secondary N) is 2. The molecule has 0 fully saturated rings. The SMILES string of the molecule is CC(C)n1nc(C(=O)NNC(=O)CCc2ncc(-c3ccccc3F)o2)c2ccccc2c1=O. The van der Waals surface area contributed by atoms with Crippen LogP contribution in [0.2, 0.25) is 0 Å². The monoisotopic (exact) mass is 463 g/mol. The van der Waals surface area contributed by atoms with E-state index in [2.05, 4.69) is 20.9 Å². The lowest BCUT2D eigenvalue weighted by Gasteiger charge is -2.13. The number of benzene rings is 2. The maximum absolute atomic E-state index is 13.9. The number of fused-ring (bicyclic) bond motifs is 1. The smallest absolute Gasteiger partial charge is 0.290 e. The summed E-state index contributed by atoms with van der Waals surface area (Å²) in [5, 5.41) is 4.94. The molecule has 0 atom stereocenters. The van der Waals surface area contributed by atoms with Gasteiger partial charge in [0, 0.05) is 18.2 Å². The summed E-state index contributed by atoms with van der Waals surface area (Å²) in [6.45, 7) is 3.57. The number of nitrogens with zero attached hydrogens (tertiary/aromatic N) is 3. The van der Waals surface area contributed by atoms with Gasteiger partial charge >= 0.3 is 0 Å². The molecule has 0 bridgehead atoms. The minimum absolute atomic E-state index is 0.0198. The number of oxazole rings is 1. The first-order chi connectivity index (χ1) is 16.3. The standard InChI is InChI=1S/C24H22FN5O4/c1-14(2)30-24(33)16-8-4-3-7-15(16)22(29-30)23(32)28-27-20(31)11-12-21-26-13-19(34-21)17-9-5-6-10-18(17)25/h3-10,13-14H,11-12H2,1-2H3,(H,27,31)(H,28,32). The summed E-state index contributed by atoms with van der Waals surface area (Å²) < 4.78 is 20.6. The molecule has 2 N–H and O–H groups in total. The average molecular weight is 463 g/mol. The highest BCUT2D eigenvalue weighted by molar-refractivity contribution is 6.05. The molecule has 4 rings (SSSR count). The number of aromatic nitrogens is 3. The summed E-state index contributed by atoms with van der Waals surface area (Å²) in [5.74, 6) is -1.05. The van der Waals surface area contributed by atoms with Crippen molar-refractivity contribution in [3.05, 3.63) is 82.5 Å². The van der Waals surface area contributed by atoms with Crippen LogP contribution in [0.4, 0.5) is 4.39 Å². The lowest BCUT2D eigenvalue weighted by atomic mass is 10.1. The second kappa shape index (κ2) is 9.65. The molecule has 174 valence electrons. The Balaban J connectivity index is 1.40. The van der Waals surface area contributed by atoms with Gasteiger partial charge in [-0.2, -0.15) is 5.10 Å². The summed E-state index contributed by atoms with van der Waals surface area (Å²) >= 11 is 0. The van der Waals surface area contributed by atoms with Gasteiger partial charge in [0.1, 0.15) is 5.82 Å². The van der Waals surface area contributed by atoms with Crippen LogP contribution in [0.1, 0.15) is 42.7 Å². The van der Waals surface area contributed by atoms with Crippen molar-refractivity contribution >= 4 is 22.6 Å². The highest BCUT2D eigenvalue weighted by atomic mass is 19.1. The number of hydrazine groups is 1. The van der Waals surface area contributed by atoms with Gasteiger partial charge in [0.15, 0.2) is 17.3 Å². The number of halogens is 1. The fourth-order valence-corrected chi connectivity index (χ4v) is 3.40. The Morgan fingerprint density at radius 2 is 1.76 bits per heavy atom. The number of aryl methyl sites for hydroxylation is 1. The normalized spacial score (nSPS) is 11.1. The largest absolute Gasteiger partial charge is 0.441 e. The molecule has 0 saturated carbocycles. The van der Waals surface area contributed by atoms with E-state index < -0.39 is 17.6 Å². The molecule has 2 aromatic carbocycles. The molecule has 0 aliphatic heterocycles. The molecule has 0 radical (unpaired) electrons. The average Bonchev–Trinajstić information content (AvgIpc) is 3.30. The molecule has 9 nitrogen and oxygen atoms in total. The summed E-state index contributed by atoms with van der Waals surface area (Å²) in [6.07, 6.45) is 1.51. The Labute approximate surface area is 193 Å². The fraction of sp³-hybridized carbons (Fsp3) is 0.208. The Kier molecular flexibility index (Phi) is 6.48. The molecular formula is C24H22FN5O4. The lowest BCUT2D eigenvalue weighted by Crippen LogP contribution is -2.43. The number of carbonyl (C=O) groups excluding carboxylic acids is 2. The van der Waals surface area contributed by atoms with Gasteiger partial charge < -0.3 is 4.42 Å². The molecule has 2 aromatic heterocycles. The molecule has 2 heterocycles. The van der Waals surface area contributed by atoms with E-state index in [9.17, 15) is 18.8 Å². The van der Waals surface area contributed by atoms with Crippen LogP contribution >= 0.6 is 0 Å². The number of rotatable bonds is 6. The van der Waals surface area contributed by atoms with Gasteiger partial charge in [-0.3, -0.25) is 25.2 Å². The maximum Gasteiger partial charge on any atom is 0.290 e. The van der Waals surface area contributed by atoms with Crippen LogP contribution < -0.4 is 16.4 Å². The van der Waals surface area contributed by atoms with Gasteiger partial charge in [0.25, 0.3) is 11.5 Å². The quantitative estimate of drug-likeness (QED) is 0.424. The summed E-state index contributed by atoms with van der Waals surface area (Å²) in [6, 6.07) is 12.5. The van der Waals surface area contributed by atoms with Crippen molar-refractivity contribution in [2.45, 2.75) is 32.7 Å². The van der Waals surface area contributed by atoms with E-state index >= 15 is 0 Å². The third-order valence-corrected chi connectivity index (χ3v) is 5.11. The van der Waals surface area contributed by atoms with Gasteiger partial charge in [-0.15, -0.1) is 0 Å². The van der Waals surface area contributed by atoms with Crippen LogP contribution in [0, 0.1) is 5.82 Å². The van der Waals surface area contributed by atoms with Crippen LogP contribution in [0.3, 0.4) is 0 Å². The topological polar surface area (TPSA) is 119 Å². The van der Waals surface area contributed by atoms with E-state index in [1.54, 1.807) is 56.3 Å². The van der Waals surface area contributed by atoms with Crippen molar-refractivity contribution in [3.8, 4) is 11.3 Å². The van der Waals surface area contributed by atoms with Gasteiger partial charge in [0.2, 0.25) is 5.91 Å². The zero-order chi connectivity index (χ0) is 24.2. The third kappa shape index (κ3) is 4.70. The molecule has 4 aromatic rings. The molecule has 2 amide bonds. The number of carbonyl (C=O) groups is 2. The Bertz CT molecular complexity index is 1430. The molecule has 0 unspecified atom stereocenters. The molecule has 0 aliphatic rings. The van der Waals surface area contributed by atoms with Crippen LogP contribution in [-0.2, 0) is 11.2 Å². The zero-order valence-corrected chi connectivity index (χ0v) is 18.5. The van der Waals surface area contributed by atoms with Gasteiger partial charge in [-0.05, 0) is 32.0 Å². The predicted molar refractivity (Wildman–Crippen MR) is 122 cm³/mol. The Morgan fingerprint density at radius 1 is 1.06 bits per heavy atom. The van der Waals surface area contributed by atoms with Gasteiger partial charge in [-0.1, -0.05) is 30.3 Å². The Morgan fingerprint density at radius 3 is 2.50 bits per heavy atom. The first-order valence-electron chi connectivity index (χ1n) is 10.7. The van der Waals surface area contributed by atoms with Crippen LogP contribution in [0.15, 0.2) is 63.9 Å². The highest BCUT2D eigenvalue weighted by Crippen LogP contribution is 2.23. The molecule has 0 spiro atoms. The molecule has 0 saturated heterocycles. The van der Waals surface area contributed by atoms with E-state index in [1.807, 2.05) is 0 Å². The van der Waals surface area contributed by atoms with E-state index in [1.165, 1.54) is 16.9 Å². The summed E-state index contributed by atoms with van der Waals surface area (Å²) in [4.78, 5) is 41.7. The highest BCUT2D eigenvalue weighted by Gasteiger charge is 2.18. The Hall–Kier alpha value is -4.34. The number of hydrogen-bond acceptors (Lipinski definition) is 6. The zero-order valence-electron chi connectivity index (χ0n) is 18.5. The number of amides is 2. The minimum atomic E-state index is -0.656. The van der Waals surface area contributed by atoms with Crippen molar-refractivity contribution < 1.29 is 18.4 Å². The predicted octanol–water partition coefficient (Wildman–Crippen LogP) is 3.17. The van der Waals surface area contributed by atoms with Crippen molar-refractivity contribution in [2.24, 2.45) is 0 Å². The number of hydrogen-bond donors (Lipinski definition) is 2. The van der Waals surface area contributed by atoms with E-state index in [0.717, 1.165) is 0 Å².